The highest BCUT2D eigenvalue weighted by atomic mass is 14.9. The molecule has 0 spiro atoms. The molecule has 0 aromatic heterocycles. The van der Waals surface area contributed by atoms with E-state index in [-0.39, 0.29) is 0 Å². The lowest BCUT2D eigenvalue weighted by molar-refractivity contribution is 0.241. The van der Waals surface area contributed by atoms with Crippen LogP contribution in [0.15, 0.2) is 0 Å². The summed E-state index contributed by atoms with van der Waals surface area (Å²) in [6.07, 6.45) is 8.95. The first-order valence-corrected chi connectivity index (χ1v) is 5.17. The molecule has 1 N–H and O–H groups in total. The normalized spacial score (nSPS) is 39.3. The van der Waals surface area contributed by atoms with E-state index >= 15 is 0 Å². The first kappa shape index (κ1) is 7.60. The molecule has 2 rings (SSSR count). The predicted molar refractivity (Wildman–Crippen MR) is 47.6 cm³/mol. The van der Waals surface area contributed by atoms with E-state index < -0.39 is 0 Å². The summed E-state index contributed by atoms with van der Waals surface area (Å²) < 4.78 is 0. The lowest BCUT2D eigenvalue weighted by Gasteiger charge is -2.30. The quantitative estimate of drug-likeness (QED) is 0.562. The maximum Gasteiger partial charge on any atom is -0.00179 e. The van der Waals surface area contributed by atoms with E-state index in [0.29, 0.717) is 0 Å². The van der Waals surface area contributed by atoms with Gasteiger partial charge >= 0.3 is 0 Å². The summed E-state index contributed by atoms with van der Waals surface area (Å²) in [5, 5.41) is 3.51. The molecule has 1 nitrogen and oxygen atoms in total. The second kappa shape index (κ2) is 3.57. The number of hydrogen-bond donors (Lipinski definition) is 1. The van der Waals surface area contributed by atoms with Gasteiger partial charge < -0.3 is 5.32 Å². The van der Waals surface area contributed by atoms with Crippen molar-refractivity contribution in [3.05, 3.63) is 0 Å². The molecule has 2 fully saturated rings. The van der Waals surface area contributed by atoms with Crippen LogP contribution in [0.2, 0.25) is 0 Å². The van der Waals surface area contributed by atoms with E-state index in [0.717, 1.165) is 11.8 Å². The van der Waals surface area contributed by atoms with Crippen molar-refractivity contribution in [1.29, 1.82) is 0 Å². The highest BCUT2D eigenvalue weighted by Crippen LogP contribution is 2.32. The van der Waals surface area contributed by atoms with Crippen molar-refractivity contribution in [2.75, 3.05) is 13.1 Å². The molecule has 1 heterocycles. The van der Waals surface area contributed by atoms with Gasteiger partial charge in [-0.1, -0.05) is 25.7 Å². The van der Waals surface area contributed by atoms with E-state index in [1.807, 2.05) is 0 Å². The molecule has 0 aromatic carbocycles. The molecule has 1 aliphatic carbocycles. The fraction of sp³-hybridized carbons (Fsp3) is 1.00. The average molecular weight is 153 g/mol. The van der Waals surface area contributed by atoms with E-state index in [4.69, 9.17) is 0 Å². The summed E-state index contributed by atoms with van der Waals surface area (Å²) >= 11 is 0. The Bertz CT molecular complexity index is 108. The Balaban J connectivity index is 1.93. The Kier molecular flexibility index (Phi) is 2.47. The monoisotopic (exact) mass is 153 g/mol. The van der Waals surface area contributed by atoms with Crippen LogP contribution in [-0.2, 0) is 0 Å². The molecule has 1 heteroatoms. The third kappa shape index (κ3) is 1.76. The van der Waals surface area contributed by atoms with Crippen LogP contribution in [0, 0.1) is 11.8 Å². The molecule has 0 aromatic rings. The molecule has 0 radical (unpaired) electrons. The van der Waals surface area contributed by atoms with Crippen molar-refractivity contribution in [1.82, 2.24) is 5.32 Å². The SMILES string of the molecule is C1CC[C@H]2CCNC[C@H]2CC1. The maximum atomic E-state index is 3.51. The minimum absolute atomic E-state index is 1.03. The summed E-state index contributed by atoms with van der Waals surface area (Å²) in [7, 11) is 0. The molecule has 0 bridgehead atoms. The van der Waals surface area contributed by atoms with Crippen molar-refractivity contribution in [2.45, 2.75) is 38.5 Å². The molecular formula is C10H19N. The first-order valence-electron chi connectivity index (χ1n) is 5.17. The minimum Gasteiger partial charge on any atom is -0.316 e. The van der Waals surface area contributed by atoms with E-state index in [2.05, 4.69) is 5.32 Å². The molecule has 11 heavy (non-hydrogen) atoms. The topological polar surface area (TPSA) is 12.0 Å². The Morgan fingerprint density at radius 2 is 1.64 bits per heavy atom. The molecular weight excluding hydrogens is 134 g/mol. The molecule has 1 saturated carbocycles. The molecule has 2 atom stereocenters. The lowest BCUT2D eigenvalue weighted by Crippen LogP contribution is -2.35. The van der Waals surface area contributed by atoms with Gasteiger partial charge in [0.25, 0.3) is 0 Å². The summed E-state index contributed by atoms with van der Waals surface area (Å²) in [6.45, 7) is 2.59. The number of nitrogens with one attached hydrogen (secondary N) is 1. The van der Waals surface area contributed by atoms with E-state index in [1.54, 1.807) is 0 Å². The fourth-order valence-electron chi connectivity index (χ4n) is 2.68. The Labute approximate surface area is 69.6 Å². The second-order valence-electron chi connectivity index (χ2n) is 4.15. The van der Waals surface area contributed by atoms with Gasteiger partial charge in [-0.25, -0.2) is 0 Å². The number of piperidine rings is 1. The van der Waals surface area contributed by atoms with E-state index in [1.165, 1.54) is 51.6 Å². The van der Waals surface area contributed by atoms with Gasteiger partial charge in [-0.15, -0.1) is 0 Å². The summed E-state index contributed by atoms with van der Waals surface area (Å²) in [6, 6.07) is 0. The van der Waals surface area contributed by atoms with Crippen LogP contribution in [0.5, 0.6) is 0 Å². The van der Waals surface area contributed by atoms with Gasteiger partial charge in [0.1, 0.15) is 0 Å². The fourth-order valence-corrected chi connectivity index (χ4v) is 2.68. The van der Waals surface area contributed by atoms with Crippen LogP contribution in [0.3, 0.4) is 0 Å². The zero-order valence-electron chi connectivity index (χ0n) is 7.31. The maximum absolute atomic E-state index is 3.51. The van der Waals surface area contributed by atoms with Gasteiger partial charge in [0.15, 0.2) is 0 Å². The van der Waals surface area contributed by atoms with Gasteiger partial charge in [-0.2, -0.15) is 0 Å². The molecule has 2 aliphatic rings. The van der Waals surface area contributed by atoms with Gasteiger partial charge in [-0.3, -0.25) is 0 Å². The average Bonchev–Trinajstić information content (AvgIpc) is 2.28. The standard InChI is InChI=1S/C10H19N/c1-2-4-9-6-7-11-8-10(9)5-3-1/h9-11H,1-8H2/t9-,10+/m0/s1. The molecule has 0 unspecified atom stereocenters. The van der Waals surface area contributed by atoms with Crippen LogP contribution < -0.4 is 5.32 Å². The highest BCUT2D eigenvalue weighted by Gasteiger charge is 2.25. The van der Waals surface area contributed by atoms with Crippen LogP contribution >= 0.6 is 0 Å². The van der Waals surface area contributed by atoms with Crippen molar-refractivity contribution in [2.24, 2.45) is 11.8 Å². The van der Waals surface area contributed by atoms with Crippen molar-refractivity contribution >= 4 is 0 Å². The third-order valence-electron chi connectivity index (χ3n) is 3.41. The molecule has 0 amide bonds. The Hall–Kier alpha value is -0.0400. The van der Waals surface area contributed by atoms with Crippen LogP contribution in [0.1, 0.15) is 38.5 Å². The first-order chi connectivity index (χ1) is 5.47. The smallest absolute Gasteiger partial charge is 0.00179 e. The second-order valence-corrected chi connectivity index (χ2v) is 4.15. The highest BCUT2D eigenvalue weighted by molar-refractivity contribution is 4.79. The summed E-state index contributed by atoms with van der Waals surface area (Å²) in [5.74, 6) is 2.12. The minimum atomic E-state index is 1.03. The molecule has 64 valence electrons. The largest absolute Gasteiger partial charge is 0.316 e. The van der Waals surface area contributed by atoms with Gasteiger partial charge in [-0.05, 0) is 37.8 Å². The Morgan fingerprint density at radius 3 is 2.55 bits per heavy atom. The third-order valence-corrected chi connectivity index (χ3v) is 3.41. The van der Waals surface area contributed by atoms with Crippen LogP contribution in [-0.4, -0.2) is 13.1 Å². The van der Waals surface area contributed by atoms with Gasteiger partial charge in [0, 0.05) is 0 Å². The number of fused-ring (bicyclic) bond motifs is 1. The number of hydrogen-bond acceptors (Lipinski definition) is 1. The summed E-state index contributed by atoms with van der Waals surface area (Å²) in [4.78, 5) is 0. The number of rotatable bonds is 0. The van der Waals surface area contributed by atoms with Gasteiger partial charge in [0.05, 0.1) is 0 Å². The molecule has 1 saturated heterocycles. The van der Waals surface area contributed by atoms with Crippen LogP contribution in [0.4, 0.5) is 0 Å². The van der Waals surface area contributed by atoms with Crippen molar-refractivity contribution < 1.29 is 0 Å². The van der Waals surface area contributed by atoms with E-state index in [9.17, 15) is 0 Å². The predicted octanol–water partition coefficient (Wildman–Crippen LogP) is 2.18. The lowest BCUT2D eigenvalue weighted by atomic mass is 9.83. The zero-order chi connectivity index (χ0) is 7.52. The van der Waals surface area contributed by atoms with Crippen molar-refractivity contribution in [3.8, 4) is 0 Å². The Morgan fingerprint density at radius 1 is 0.818 bits per heavy atom. The van der Waals surface area contributed by atoms with Crippen LogP contribution in [0.25, 0.3) is 0 Å². The summed E-state index contributed by atoms with van der Waals surface area (Å²) in [5.41, 5.74) is 0. The zero-order valence-corrected chi connectivity index (χ0v) is 7.31. The van der Waals surface area contributed by atoms with Gasteiger partial charge in [0.2, 0.25) is 0 Å². The van der Waals surface area contributed by atoms with Crippen molar-refractivity contribution in [3.63, 3.8) is 0 Å². The molecule has 1 aliphatic heterocycles.